The summed E-state index contributed by atoms with van der Waals surface area (Å²) >= 11 is 0. The van der Waals surface area contributed by atoms with Crippen LogP contribution in [0, 0.1) is 0 Å². The van der Waals surface area contributed by atoms with Gasteiger partial charge in [-0.1, -0.05) is 140 Å². The van der Waals surface area contributed by atoms with Gasteiger partial charge in [0.1, 0.15) is 6.61 Å². The van der Waals surface area contributed by atoms with E-state index in [0.717, 1.165) is 83.5 Å². The summed E-state index contributed by atoms with van der Waals surface area (Å²) in [4.78, 5) is 42.7. The number of carbonyl (C=O) groups excluding carboxylic acids is 2. The molecule has 0 aliphatic rings. The van der Waals surface area contributed by atoms with Crippen molar-refractivity contribution < 1.29 is 37.9 Å². The van der Waals surface area contributed by atoms with E-state index in [1.165, 1.54) is 51.4 Å². The number of phosphoric acid groups is 1. The normalized spacial score (nSPS) is 13.0. The quantitative estimate of drug-likeness (QED) is 0.0289. The molecule has 0 radical (unpaired) electrons. The van der Waals surface area contributed by atoms with Crippen LogP contribution in [-0.2, 0) is 28.2 Å². The second-order valence-corrected chi connectivity index (χ2v) is 14.1. The molecule has 1 atom stereocenters. The minimum atomic E-state index is -4.76. The van der Waals surface area contributed by atoms with Gasteiger partial charge in [-0.15, -0.1) is 0 Å². The average Bonchev–Trinajstić information content (AvgIpc) is 3.07. The Kier molecular flexibility index (Phi) is 34.4. The Hall–Kier alpha value is -1.99. The molecule has 284 valence electrons. The van der Waals surface area contributed by atoms with E-state index in [1.54, 1.807) is 0 Å². The lowest BCUT2D eigenvalue weighted by atomic mass is 10.1. The maximum atomic E-state index is 12.4. The summed E-state index contributed by atoms with van der Waals surface area (Å²) in [6.45, 7) is 3.54. The van der Waals surface area contributed by atoms with E-state index in [0.29, 0.717) is 12.8 Å². The Bertz CT molecular complexity index is 937. The van der Waals surface area contributed by atoms with E-state index in [9.17, 15) is 14.2 Å². The van der Waals surface area contributed by atoms with Crippen LogP contribution in [0.5, 0.6) is 0 Å². The van der Waals surface area contributed by atoms with Gasteiger partial charge in [0.2, 0.25) is 0 Å². The third kappa shape index (κ3) is 38.7. The number of esters is 2. The molecule has 9 heteroatoms. The van der Waals surface area contributed by atoms with Crippen LogP contribution >= 0.6 is 7.82 Å². The SMILES string of the molecule is CC/C=C\C/C=C\C/C=C\CCCCCCCC(=O)O[C@H](COC(=O)CCCCCCC/C=C\CCCCCCCCC)COP(=O)(O)O. The average molecular weight is 711 g/mol. The lowest BCUT2D eigenvalue weighted by Crippen LogP contribution is -2.29. The fourth-order valence-corrected chi connectivity index (χ4v) is 5.56. The van der Waals surface area contributed by atoms with Crippen LogP contribution in [0.1, 0.15) is 174 Å². The highest BCUT2D eigenvalue weighted by Crippen LogP contribution is 2.36. The number of allylic oxidation sites excluding steroid dienone is 8. The molecule has 0 fully saturated rings. The Labute approximate surface area is 299 Å². The Morgan fingerprint density at radius 3 is 1.49 bits per heavy atom. The number of phosphoric ester groups is 1. The molecule has 0 saturated heterocycles. The van der Waals surface area contributed by atoms with E-state index in [2.05, 4.69) is 67.0 Å². The summed E-state index contributed by atoms with van der Waals surface area (Å²) in [6, 6.07) is 0. The molecule has 0 amide bonds. The van der Waals surface area contributed by atoms with Gasteiger partial charge in [-0.25, -0.2) is 4.57 Å². The van der Waals surface area contributed by atoms with Gasteiger partial charge in [0.25, 0.3) is 0 Å². The monoisotopic (exact) mass is 710 g/mol. The number of hydrogen-bond acceptors (Lipinski definition) is 6. The molecule has 8 nitrogen and oxygen atoms in total. The standard InChI is InChI=1S/C40H71O8P/c1-3-5-7-9-11-13-15-17-19-21-22-24-26-28-30-32-34-39(41)46-36-38(37-47-49(43,44)45)48-40(42)35-33-31-29-27-25-23-20-18-16-14-12-10-8-6-4-2/h6,8,12,14,18-21,38H,3-5,7,9-11,13,15-17,22-37H2,1-2H3,(H2,43,44,45)/b8-6-,14-12-,20-18-,21-19-/t38-/m1/s1. The second kappa shape index (κ2) is 35.8. The largest absolute Gasteiger partial charge is 0.469 e. The number of hydrogen-bond donors (Lipinski definition) is 2. The molecule has 0 saturated carbocycles. The van der Waals surface area contributed by atoms with Gasteiger partial charge in [-0.3, -0.25) is 14.1 Å². The molecule has 0 aliphatic carbocycles. The number of carbonyl (C=O) groups is 2. The molecule has 0 rings (SSSR count). The fourth-order valence-electron chi connectivity index (χ4n) is 5.20. The van der Waals surface area contributed by atoms with Crippen molar-refractivity contribution in [2.45, 2.75) is 180 Å². The number of rotatable bonds is 35. The minimum Gasteiger partial charge on any atom is -0.462 e. The summed E-state index contributed by atoms with van der Waals surface area (Å²) in [7, 11) is -4.76. The summed E-state index contributed by atoms with van der Waals surface area (Å²) < 4.78 is 26.3. The van der Waals surface area contributed by atoms with Crippen molar-refractivity contribution in [2.24, 2.45) is 0 Å². The van der Waals surface area contributed by atoms with Crippen LogP contribution in [0.4, 0.5) is 0 Å². The molecule has 0 aliphatic heterocycles. The summed E-state index contributed by atoms with van der Waals surface area (Å²) in [5.74, 6) is -0.916. The van der Waals surface area contributed by atoms with Crippen molar-refractivity contribution in [2.75, 3.05) is 13.2 Å². The van der Waals surface area contributed by atoms with Crippen molar-refractivity contribution >= 4 is 19.8 Å². The minimum absolute atomic E-state index is 0.190. The van der Waals surface area contributed by atoms with Gasteiger partial charge in [0.15, 0.2) is 6.10 Å². The zero-order chi connectivity index (χ0) is 36.1. The molecule has 0 aromatic carbocycles. The van der Waals surface area contributed by atoms with E-state index < -0.39 is 32.5 Å². The highest BCUT2D eigenvalue weighted by atomic mass is 31.2. The lowest BCUT2D eigenvalue weighted by Gasteiger charge is -2.18. The van der Waals surface area contributed by atoms with Gasteiger partial charge >= 0.3 is 19.8 Å². The zero-order valence-electron chi connectivity index (χ0n) is 31.1. The molecule has 0 bridgehead atoms. The van der Waals surface area contributed by atoms with Gasteiger partial charge in [-0.2, -0.15) is 0 Å². The van der Waals surface area contributed by atoms with Crippen LogP contribution < -0.4 is 0 Å². The Balaban J connectivity index is 3.99. The zero-order valence-corrected chi connectivity index (χ0v) is 32.0. The fraction of sp³-hybridized carbons (Fsp3) is 0.750. The molecular formula is C40H71O8P. The maximum absolute atomic E-state index is 12.4. The summed E-state index contributed by atoms with van der Waals surface area (Å²) in [6.07, 6.45) is 42.6. The van der Waals surface area contributed by atoms with Crippen molar-refractivity contribution in [1.82, 2.24) is 0 Å². The van der Waals surface area contributed by atoms with Crippen LogP contribution in [0.3, 0.4) is 0 Å². The van der Waals surface area contributed by atoms with E-state index >= 15 is 0 Å². The molecular weight excluding hydrogens is 639 g/mol. The van der Waals surface area contributed by atoms with Gasteiger partial charge in [-0.05, 0) is 70.6 Å². The molecule has 0 aromatic rings. The summed E-state index contributed by atoms with van der Waals surface area (Å²) in [5, 5.41) is 0. The van der Waals surface area contributed by atoms with Crippen molar-refractivity contribution in [3.63, 3.8) is 0 Å². The number of ether oxygens (including phenoxy) is 2. The van der Waals surface area contributed by atoms with Crippen molar-refractivity contribution in [3.05, 3.63) is 48.6 Å². The van der Waals surface area contributed by atoms with Crippen LogP contribution in [0.2, 0.25) is 0 Å². The topological polar surface area (TPSA) is 119 Å². The van der Waals surface area contributed by atoms with E-state index in [1.807, 2.05) is 0 Å². The first kappa shape index (κ1) is 47.0. The smallest absolute Gasteiger partial charge is 0.462 e. The van der Waals surface area contributed by atoms with Gasteiger partial charge in [0, 0.05) is 12.8 Å². The predicted molar refractivity (Wildman–Crippen MR) is 202 cm³/mol. The number of unbranched alkanes of at least 4 members (excludes halogenated alkanes) is 17. The van der Waals surface area contributed by atoms with E-state index in [-0.39, 0.29) is 19.4 Å². The highest BCUT2D eigenvalue weighted by molar-refractivity contribution is 7.46. The molecule has 0 spiro atoms. The van der Waals surface area contributed by atoms with Crippen LogP contribution in [-0.4, -0.2) is 41.0 Å². The highest BCUT2D eigenvalue weighted by Gasteiger charge is 2.22. The molecule has 0 heterocycles. The van der Waals surface area contributed by atoms with Crippen LogP contribution in [0.25, 0.3) is 0 Å². The lowest BCUT2D eigenvalue weighted by molar-refractivity contribution is -0.161. The van der Waals surface area contributed by atoms with E-state index in [4.69, 9.17) is 19.3 Å². The maximum Gasteiger partial charge on any atom is 0.469 e. The molecule has 0 aromatic heterocycles. The first-order valence-electron chi connectivity index (χ1n) is 19.4. The molecule has 0 unspecified atom stereocenters. The van der Waals surface area contributed by atoms with Gasteiger partial charge in [0.05, 0.1) is 6.61 Å². The first-order valence-corrected chi connectivity index (χ1v) is 21.0. The third-order valence-electron chi connectivity index (χ3n) is 8.08. The second-order valence-electron chi connectivity index (χ2n) is 12.9. The Morgan fingerprint density at radius 2 is 0.980 bits per heavy atom. The summed E-state index contributed by atoms with van der Waals surface area (Å²) in [5.41, 5.74) is 0. The van der Waals surface area contributed by atoms with Crippen molar-refractivity contribution in [3.8, 4) is 0 Å². The van der Waals surface area contributed by atoms with Gasteiger partial charge < -0.3 is 19.3 Å². The predicted octanol–water partition coefficient (Wildman–Crippen LogP) is 11.6. The van der Waals surface area contributed by atoms with Crippen molar-refractivity contribution in [1.29, 1.82) is 0 Å². The first-order chi connectivity index (χ1) is 23.8. The van der Waals surface area contributed by atoms with Crippen LogP contribution in [0.15, 0.2) is 48.6 Å². The third-order valence-corrected chi connectivity index (χ3v) is 8.57. The molecule has 49 heavy (non-hydrogen) atoms. The molecule has 2 N–H and O–H groups in total. The Morgan fingerprint density at radius 1 is 0.551 bits per heavy atom.